The number of aromatic nitrogens is 1. The minimum atomic E-state index is -0.398. The highest BCUT2D eigenvalue weighted by Gasteiger charge is 2.20. The molecular weight excluding hydrogens is 264 g/mol. The highest BCUT2D eigenvalue weighted by Crippen LogP contribution is 2.35. The van der Waals surface area contributed by atoms with Crippen molar-refractivity contribution >= 4 is 0 Å². The van der Waals surface area contributed by atoms with Crippen molar-refractivity contribution in [2.45, 2.75) is 32.0 Å². The SMILES string of the molecule is N#Cc1ncccc1COc1cccc2c1CCCC2O. The van der Waals surface area contributed by atoms with Gasteiger partial charge in [0.05, 0.1) is 6.10 Å². The molecule has 1 atom stereocenters. The van der Waals surface area contributed by atoms with Gasteiger partial charge >= 0.3 is 0 Å². The molecule has 21 heavy (non-hydrogen) atoms. The van der Waals surface area contributed by atoms with Crippen LogP contribution in [0.1, 0.15) is 41.3 Å². The summed E-state index contributed by atoms with van der Waals surface area (Å²) in [6.45, 7) is 0.309. The van der Waals surface area contributed by atoms with E-state index in [1.165, 1.54) is 0 Å². The Labute approximate surface area is 123 Å². The molecule has 1 aromatic carbocycles. The zero-order valence-corrected chi connectivity index (χ0v) is 11.6. The molecule has 1 unspecified atom stereocenters. The van der Waals surface area contributed by atoms with Gasteiger partial charge in [0.1, 0.15) is 24.1 Å². The van der Waals surface area contributed by atoms with Crippen LogP contribution in [0.4, 0.5) is 0 Å². The van der Waals surface area contributed by atoms with Gasteiger partial charge in [-0.05, 0) is 42.5 Å². The van der Waals surface area contributed by atoms with Crippen LogP contribution in [-0.2, 0) is 13.0 Å². The third-order valence-electron chi connectivity index (χ3n) is 3.81. The molecule has 1 N–H and O–H groups in total. The molecule has 2 aromatic rings. The van der Waals surface area contributed by atoms with Gasteiger partial charge in [0.2, 0.25) is 0 Å². The highest BCUT2D eigenvalue weighted by molar-refractivity contribution is 5.43. The molecule has 1 aromatic heterocycles. The number of nitrogens with zero attached hydrogens (tertiary/aromatic N) is 2. The summed E-state index contributed by atoms with van der Waals surface area (Å²) >= 11 is 0. The Hall–Kier alpha value is -2.38. The number of ether oxygens (including phenoxy) is 1. The zero-order valence-electron chi connectivity index (χ0n) is 11.6. The number of aliphatic hydroxyl groups is 1. The fraction of sp³-hybridized carbons (Fsp3) is 0.294. The predicted octanol–water partition coefficient (Wildman–Crippen LogP) is 2.90. The van der Waals surface area contributed by atoms with Crippen LogP contribution in [0.2, 0.25) is 0 Å². The first kappa shape index (κ1) is 13.6. The number of aliphatic hydroxyl groups excluding tert-OH is 1. The third kappa shape index (κ3) is 2.74. The second-order valence-electron chi connectivity index (χ2n) is 5.14. The maximum atomic E-state index is 10.0. The lowest BCUT2D eigenvalue weighted by molar-refractivity contribution is 0.155. The number of fused-ring (bicyclic) bond motifs is 1. The maximum Gasteiger partial charge on any atom is 0.147 e. The van der Waals surface area contributed by atoms with E-state index >= 15 is 0 Å². The quantitative estimate of drug-likeness (QED) is 0.938. The van der Waals surface area contributed by atoms with E-state index in [9.17, 15) is 5.11 Å². The minimum absolute atomic E-state index is 0.309. The van der Waals surface area contributed by atoms with Crippen molar-refractivity contribution in [1.29, 1.82) is 5.26 Å². The largest absolute Gasteiger partial charge is 0.489 e. The maximum absolute atomic E-state index is 10.0. The average molecular weight is 280 g/mol. The Kier molecular flexibility index (Phi) is 3.85. The van der Waals surface area contributed by atoms with E-state index in [1.54, 1.807) is 12.3 Å². The summed E-state index contributed by atoms with van der Waals surface area (Å²) in [6.07, 6.45) is 3.89. The number of nitriles is 1. The monoisotopic (exact) mass is 280 g/mol. The van der Waals surface area contributed by atoms with E-state index in [4.69, 9.17) is 10.00 Å². The molecule has 0 fully saturated rings. The van der Waals surface area contributed by atoms with Crippen molar-refractivity contribution in [2.24, 2.45) is 0 Å². The number of hydrogen-bond acceptors (Lipinski definition) is 4. The lowest BCUT2D eigenvalue weighted by Gasteiger charge is -2.23. The smallest absolute Gasteiger partial charge is 0.147 e. The van der Waals surface area contributed by atoms with Crippen LogP contribution in [0.3, 0.4) is 0 Å². The lowest BCUT2D eigenvalue weighted by Crippen LogP contribution is -2.11. The molecule has 3 rings (SSSR count). The van der Waals surface area contributed by atoms with Gasteiger partial charge in [-0.3, -0.25) is 0 Å². The van der Waals surface area contributed by atoms with E-state index in [-0.39, 0.29) is 0 Å². The molecule has 0 aliphatic heterocycles. The topological polar surface area (TPSA) is 66.1 Å². The Morgan fingerprint density at radius 1 is 1.33 bits per heavy atom. The molecular formula is C17H16N2O2. The van der Waals surface area contributed by atoms with Crippen LogP contribution in [0.15, 0.2) is 36.5 Å². The summed E-state index contributed by atoms with van der Waals surface area (Å²) in [5.74, 6) is 0.791. The summed E-state index contributed by atoms with van der Waals surface area (Å²) < 4.78 is 5.88. The van der Waals surface area contributed by atoms with Gasteiger partial charge in [-0.25, -0.2) is 4.98 Å². The van der Waals surface area contributed by atoms with Crippen molar-refractivity contribution in [3.05, 3.63) is 58.9 Å². The molecule has 4 heteroatoms. The average Bonchev–Trinajstić information content (AvgIpc) is 2.53. The first-order chi connectivity index (χ1) is 10.3. The van der Waals surface area contributed by atoms with Gasteiger partial charge in [-0.15, -0.1) is 0 Å². The van der Waals surface area contributed by atoms with Gasteiger partial charge in [-0.2, -0.15) is 5.26 Å². The summed E-state index contributed by atoms with van der Waals surface area (Å²) in [5.41, 5.74) is 3.21. The lowest BCUT2D eigenvalue weighted by atomic mass is 9.89. The van der Waals surface area contributed by atoms with Crippen molar-refractivity contribution in [3.63, 3.8) is 0 Å². The molecule has 0 bridgehead atoms. The van der Waals surface area contributed by atoms with Gasteiger partial charge in [0, 0.05) is 11.8 Å². The fourth-order valence-electron chi connectivity index (χ4n) is 2.74. The van der Waals surface area contributed by atoms with Crippen LogP contribution < -0.4 is 4.74 Å². The molecule has 1 aliphatic carbocycles. The Morgan fingerprint density at radius 2 is 2.24 bits per heavy atom. The molecule has 0 saturated heterocycles. The summed E-state index contributed by atoms with van der Waals surface area (Å²) in [7, 11) is 0. The van der Waals surface area contributed by atoms with Crippen LogP contribution in [-0.4, -0.2) is 10.1 Å². The zero-order chi connectivity index (χ0) is 14.7. The molecule has 0 spiro atoms. The molecule has 1 heterocycles. The molecule has 4 nitrogen and oxygen atoms in total. The number of rotatable bonds is 3. The second-order valence-corrected chi connectivity index (χ2v) is 5.14. The molecule has 0 amide bonds. The standard InChI is InChI=1S/C17H16N2O2/c18-10-15-12(4-3-9-19-15)11-21-17-8-2-5-13-14(17)6-1-7-16(13)20/h2-5,8-9,16,20H,1,6-7,11H2. The van der Waals surface area contributed by atoms with E-state index in [0.717, 1.165) is 41.7 Å². The summed E-state index contributed by atoms with van der Waals surface area (Å²) in [4.78, 5) is 4.03. The van der Waals surface area contributed by atoms with Gasteiger partial charge in [0.15, 0.2) is 0 Å². The van der Waals surface area contributed by atoms with Gasteiger partial charge in [0.25, 0.3) is 0 Å². The summed E-state index contributed by atoms with van der Waals surface area (Å²) in [5, 5.41) is 19.1. The van der Waals surface area contributed by atoms with Crippen LogP contribution in [0.5, 0.6) is 5.75 Å². The van der Waals surface area contributed by atoms with E-state index in [1.807, 2.05) is 24.3 Å². The van der Waals surface area contributed by atoms with E-state index in [2.05, 4.69) is 11.1 Å². The van der Waals surface area contributed by atoms with E-state index in [0.29, 0.717) is 12.3 Å². The third-order valence-corrected chi connectivity index (χ3v) is 3.81. The molecule has 106 valence electrons. The van der Waals surface area contributed by atoms with Crippen molar-refractivity contribution in [1.82, 2.24) is 4.98 Å². The van der Waals surface area contributed by atoms with Crippen LogP contribution in [0, 0.1) is 11.3 Å². The van der Waals surface area contributed by atoms with Gasteiger partial charge in [-0.1, -0.05) is 18.2 Å². The normalized spacial score (nSPS) is 16.9. The van der Waals surface area contributed by atoms with Gasteiger partial charge < -0.3 is 9.84 Å². The number of pyridine rings is 1. The Balaban J connectivity index is 1.83. The van der Waals surface area contributed by atoms with Crippen LogP contribution >= 0.6 is 0 Å². The number of hydrogen-bond donors (Lipinski definition) is 1. The summed E-state index contributed by atoms with van der Waals surface area (Å²) in [6, 6.07) is 11.5. The van der Waals surface area contributed by atoms with Crippen molar-refractivity contribution in [2.75, 3.05) is 0 Å². The van der Waals surface area contributed by atoms with Crippen molar-refractivity contribution in [3.8, 4) is 11.8 Å². The first-order valence-corrected chi connectivity index (χ1v) is 7.06. The van der Waals surface area contributed by atoms with Crippen molar-refractivity contribution < 1.29 is 9.84 Å². The predicted molar refractivity (Wildman–Crippen MR) is 77.6 cm³/mol. The minimum Gasteiger partial charge on any atom is -0.489 e. The fourth-order valence-corrected chi connectivity index (χ4v) is 2.74. The Morgan fingerprint density at radius 3 is 3.10 bits per heavy atom. The molecule has 1 aliphatic rings. The highest BCUT2D eigenvalue weighted by atomic mass is 16.5. The van der Waals surface area contributed by atoms with E-state index < -0.39 is 6.10 Å². The Bertz CT molecular complexity index is 691. The second kappa shape index (κ2) is 5.94. The number of benzene rings is 1. The first-order valence-electron chi connectivity index (χ1n) is 7.06. The molecule has 0 radical (unpaired) electrons. The molecule has 0 saturated carbocycles. The van der Waals surface area contributed by atoms with Crippen LogP contribution in [0.25, 0.3) is 0 Å².